The van der Waals surface area contributed by atoms with Gasteiger partial charge in [0.2, 0.25) is 6.29 Å². The van der Waals surface area contributed by atoms with Gasteiger partial charge in [0.15, 0.2) is 0 Å². The molecule has 3 unspecified atom stereocenters. The molecule has 5 aliphatic rings. The zero-order valence-electron chi connectivity index (χ0n) is 16.9. The molecule has 0 aromatic carbocycles. The minimum absolute atomic E-state index is 0.251. The van der Waals surface area contributed by atoms with E-state index < -0.39 is 18.1 Å². The first-order chi connectivity index (χ1) is 12.9. The number of carbonyl (C=O) groups is 2. The standard InChI is InChI=1S/C22H34O5/c1-13(20(23)26-19-6-4-5-7-25-19)14(2)21(24)27-22(3)17-9-15-8-16(11-17)12-18(22)10-15/h13-19H,4-12H2,1-3H3. The summed E-state index contributed by atoms with van der Waals surface area (Å²) in [5.41, 5.74) is -0.352. The Labute approximate surface area is 162 Å². The average Bonchev–Trinajstić information content (AvgIpc) is 2.65. The summed E-state index contributed by atoms with van der Waals surface area (Å²) in [6.45, 7) is 6.32. The fraction of sp³-hybridized carbons (Fsp3) is 0.909. The summed E-state index contributed by atoms with van der Waals surface area (Å²) in [5.74, 6) is 1.01. The van der Waals surface area contributed by atoms with E-state index in [9.17, 15) is 9.59 Å². The van der Waals surface area contributed by atoms with Gasteiger partial charge >= 0.3 is 11.9 Å². The summed E-state index contributed by atoms with van der Waals surface area (Å²) in [7, 11) is 0. The largest absolute Gasteiger partial charge is 0.459 e. The zero-order valence-corrected chi connectivity index (χ0v) is 16.9. The van der Waals surface area contributed by atoms with Gasteiger partial charge in [-0.3, -0.25) is 9.59 Å². The van der Waals surface area contributed by atoms with Crippen LogP contribution >= 0.6 is 0 Å². The van der Waals surface area contributed by atoms with Crippen molar-refractivity contribution in [3.63, 3.8) is 0 Å². The number of hydrogen-bond acceptors (Lipinski definition) is 5. The van der Waals surface area contributed by atoms with Gasteiger partial charge in [-0.25, -0.2) is 0 Å². The maximum atomic E-state index is 12.9. The lowest BCUT2D eigenvalue weighted by Crippen LogP contribution is -2.58. The molecule has 1 saturated heterocycles. The van der Waals surface area contributed by atoms with E-state index in [0.717, 1.165) is 31.1 Å². The smallest absolute Gasteiger partial charge is 0.311 e. The molecule has 5 rings (SSSR count). The Bertz CT molecular complexity index is 551. The van der Waals surface area contributed by atoms with E-state index in [1.165, 1.54) is 32.1 Å². The van der Waals surface area contributed by atoms with Crippen molar-refractivity contribution in [1.82, 2.24) is 0 Å². The third kappa shape index (κ3) is 3.64. The van der Waals surface area contributed by atoms with Gasteiger partial charge in [-0.2, -0.15) is 0 Å². The van der Waals surface area contributed by atoms with Crippen molar-refractivity contribution in [2.75, 3.05) is 6.61 Å². The second kappa shape index (κ2) is 7.38. The Morgan fingerprint density at radius 2 is 1.52 bits per heavy atom. The van der Waals surface area contributed by atoms with Crippen LogP contribution in [0.3, 0.4) is 0 Å². The fourth-order valence-electron chi connectivity index (χ4n) is 6.05. The van der Waals surface area contributed by atoms with E-state index in [1.54, 1.807) is 13.8 Å². The highest BCUT2D eigenvalue weighted by Crippen LogP contribution is 2.59. The van der Waals surface area contributed by atoms with Crippen molar-refractivity contribution in [3.05, 3.63) is 0 Å². The minimum Gasteiger partial charge on any atom is -0.459 e. The maximum Gasteiger partial charge on any atom is 0.311 e. The van der Waals surface area contributed by atoms with Gasteiger partial charge in [-0.05, 0) is 75.5 Å². The summed E-state index contributed by atoms with van der Waals surface area (Å²) in [4.78, 5) is 25.4. The van der Waals surface area contributed by atoms with Crippen LogP contribution in [0.1, 0.15) is 72.1 Å². The van der Waals surface area contributed by atoms with Gasteiger partial charge < -0.3 is 14.2 Å². The average molecular weight is 379 g/mol. The zero-order chi connectivity index (χ0) is 19.2. The van der Waals surface area contributed by atoms with Crippen LogP contribution in [0.5, 0.6) is 0 Å². The summed E-state index contributed by atoms with van der Waals surface area (Å²) in [5, 5.41) is 0. The van der Waals surface area contributed by atoms with Gasteiger partial charge in [0.1, 0.15) is 5.60 Å². The summed E-state index contributed by atoms with van der Waals surface area (Å²) in [6, 6.07) is 0. The van der Waals surface area contributed by atoms with Gasteiger partial charge in [0, 0.05) is 6.42 Å². The van der Waals surface area contributed by atoms with Crippen molar-refractivity contribution in [1.29, 1.82) is 0 Å². The summed E-state index contributed by atoms with van der Waals surface area (Å²) < 4.78 is 17.1. The van der Waals surface area contributed by atoms with Crippen molar-refractivity contribution in [3.8, 4) is 0 Å². The second-order valence-corrected chi connectivity index (χ2v) is 9.72. The van der Waals surface area contributed by atoms with E-state index in [0.29, 0.717) is 18.4 Å². The number of rotatable bonds is 5. The molecule has 0 aromatic heterocycles. The molecule has 5 nitrogen and oxygen atoms in total. The number of esters is 2. The Hall–Kier alpha value is -1.10. The predicted octanol–water partition coefficient (Wildman–Crippen LogP) is 4.09. The van der Waals surface area contributed by atoms with Gasteiger partial charge in [0.05, 0.1) is 18.4 Å². The van der Waals surface area contributed by atoms with Crippen LogP contribution in [0.15, 0.2) is 0 Å². The molecule has 152 valence electrons. The topological polar surface area (TPSA) is 61.8 Å². The summed E-state index contributed by atoms with van der Waals surface area (Å²) in [6.07, 6.45) is 8.45. The SMILES string of the molecule is CC(C(=O)OC1CCCCO1)C(C)C(=O)OC1(C)C2CC3CC(C2)CC1C3. The van der Waals surface area contributed by atoms with Crippen LogP contribution in [0, 0.1) is 35.5 Å². The normalized spacial score (nSPS) is 42.4. The molecule has 0 N–H and O–H groups in total. The lowest BCUT2D eigenvalue weighted by molar-refractivity contribution is -0.211. The van der Waals surface area contributed by atoms with Crippen LogP contribution in [0.4, 0.5) is 0 Å². The molecule has 3 atom stereocenters. The van der Waals surface area contributed by atoms with Crippen molar-refractivity contribution in [2.24, 2.45) is 35.5 Å². The first-order valence-electron chi connectivity index (χ1n) is 10.9. The molecule has 0 radical (unpaired) electrons. The van der Waals surface area contributed by atoms with Crippen LogP contribution < -0.4 is 0 Å². The molecule has 1 aliphatic heterocycles. The molecule has 5 fully saturated rings. The molecular weight excluding hydrogens is 344 g/mol. The molecule has 4 bridgehead atoms. The molecule has 4 saturated carbocycles. The molecule has 0 amide bonds. The Morgan fingerprint density at radius 3 is 2.07 bits per heavy atom. The Balaban J connectivity index is 1.35. The van der Waals surface area contributed by atoms with Crippen molar-refractivity contribution < 1.29 is 23.8 Å². The van der Waals surface area contributed by atoms with Crippen LogP contribution in [-0.4, -0.2) is 30.4 Å². The summed E-state index contributed by atoms with van der Waals surface area (Å²) >= 11 is 0. The number of ether oxygens (including phenoxy) is 3. The van der Waals surface area contributed by atoms with Crippen molar-refractivity contribution in [2.45, 2.75) is 84.0 Å². The van der Waals surface area contributed by atoms with Gasteiger partial charge in [0.25, 0.3) is 0 Å². The molecule has 1 heterocycles. The minimum atomic E-state index is -0.525. The Morgan fingerprint density at radius 1 is 0.926 bits per heavy atom. The third-order valence-corrected chi connectivity index (χ3v) is 7.96. The monoisotopic (exact) mass is 378 g/mol. The molecule has 4 aliphatic carbocycles. The van der Waals surface area contributed by atoms with E-state index in [-0.39, 0.29) is 17.5 Å². The number of hydrogen-bond donors (Lipinski definition) is 0. The highest BCUT2D eigenvalue weighted by atomic mass is 16.7. The van der Waals surface area contributed by atoms with Gasteiger partial charge in [-0.15, -0.1) is 0 Å². The predicted molar refractivity (Wildman–Crippen MR) is 99.6 cm³/mol. The fourth-order valence-corrected chi connectivity index (χ4v) is 6.05. The Kier molecular flexibility index (Phi) is 5.26. The highest BCUT2D eigenvalue weighted by Gasteiger charge is 2.57. The van der Waals surface area contributed by atoms with E-state index in [4.69, 9.17) is 14.2 Å². The second-order valence-electron chi connectivity index (χ2n) is 9.72. The van der Waals surface area contributed by atoms with Gasteiger partial charge in [-0.1, -0.05) is 13.8 Å². The molecule has 0 spiro atoms. The first kappa shape index (κ1) is 19.2. The molecule has 5 heteroatoms. The third-order valence-electron chi connectivity index (χ3n) is 7.96. The van der Waals surface area contributed by atoms with Crippen molar-refractivity contribution >= 4 is 11.9 Å². The van der Waals surface area contributed by atoms with Crippen LogP contribution in [-0.2, 0) is 23.8 Å². The van der Waals surface area contributed by atoms with E-state index >= 15 is 0 Å². The van der Waals surface area contributed by atoms with E-state index in [1.807, 2.05) is 0 Å². The quantitative estimate of drug-likeness (QED) is 0.675. The first-order valence-corrected chi connectivity index (χ1v) is 10.9. The van der Waals surface area contributed by atoms with E-state index in [2.05, 4.69) is 6.92 Å². The van der Waals surface area contributed by atoms with Crippen LogP contribution in [0.2, 0.25) is 0 Å². The lowest BCUT2D eigenvalue weighted by atomic mass is 9.50. The molecular formula is C22H34O5. The molecule has 0 aromatic rings. The highest BCUT2D eigenvalue weighted by molar-refractivity contribution is 5.81. The number of carbonyl (C=O) groups excluding carboxylic acids is 2. The van der Waals surface area contributed by atoms with Crippen LogP contribution in [0.25, 0.3) is 0 Å². The maximum absolute atomic E-state index is 12.9. The lowest BCUT2D eigenvalue weighted by Gasteiger charge is -2.59. The molecule has 27 heavy (non-hydrogen) atoms.